The van der Waals surface area contributed by atoms with Crippen molar-refractivity contribution in [2.45, 2.75) is 26.4 Å². The number of benzene rings is 2. The Morgan fingerprint density at radius 3 is 2.74 bits per heavy atom. The average molecular weight is 253 g/mol. The summed E-state index contributed by atoms with van der Waals surface area (Å²) in [6.45, 7) is 5.19. The van der Waals surface area contributed by atoms with Gasteiger partial charge in [0.2, 0.25) is 0 Å². The predicted molar refractivity (Wildman–Crippen MR) is 77.6 cm³/mol. The monoisotopic (exact) mass is 253 g/mol. The molecule has 0 saturated heterocycles. The molecule has 1 atom stereocenters. The van der Waals surface area contributed by atoms with E-state index in [-0.39, 0.29) is 6.04 Å². The van der Waals surface area contributed by atoms with Crippen LogP contribution in [0, 0.1) is 13.8 Å². The summed E-state index contributed by atoms with van der Waals surface area (Å²) in [6.07, 6.45) is 0. The Bertz CT molecular complexity index is 619. The molecular formula is C17H19NO. The second kappa shape index (κ2) is 4.71. The molecule has 2 heteroatoms. The lowest BCUT2D eigenvalue weighted by Gasteiger charge is -2.20. The van der Waals surface area contributed by atoms with Gasteiger partial charge in [0, 0.05) is 12.1 Å². The van der Waals surface area contributed by atoms with E-state index in [1.807, 2.05) is 0 Å². The molecule has 1 aliphatic heterocycles. The van der Waals surface area contributed by atoms with Gasteiger partial charge in [-0.1, -0.05) is 30.3 Å². The molecule has 0 aromatic heterocycles. The quantitative estimate of drug-likeness (QED) is 0.884. The topological polar surface area (TPSA) is 21.3 Å². The number of hydrogen-bond acceptors (Lipinski definition) is 2. The van der Waals surface area contributed by atoms with Crippen molar-refractivity contribution in [3.05, 3.63) is 64.2 Å². The standard InChI is InChI=1S/C17H19NO/c1-11-8-12(2)16(15(9-11)19-3)17-14-7-5-4-6-13(14)10-18-17/h4-9,17-18H,10H2,1-3H3. The second-order valence-electron chi connectivity index (χ2n) is 5.21. The number of methoxy groups -OCH3 is 1. The lowest BCUT2D eigenvalue weighted by Crippen LogP contribution is -2.15. The summed E-state index contributed by atoms with van der Waals surface area (Å²) < 4.78 is 5.59. The Kier molecular flexibility index (Phi) is 3.03. The zero-order chi connectivity index (χ0) is 13.4. The van der Waals surface area contributed by atoms with Gasteiger partial charge in [0.15, 0.2) is 0 Å². The van der Waals surface area contributed by atoms with E-state index in [0.29, 0.717) is 0 Å². The number of nitrogens with one attached hydrogen (secondary N) is 1. The fourth-order valence-electron chi connectivity index (χ4n) is 3.03. The molecule has 0 fully saturated rings. The van der Waals surface area contributed by atoms with Gasteiger partial charge >= 0.3 is 0 Å². The molecule has 2 aromatic rings. The highest BCUT2D eigenvalue weighted by molar-refractivity contribution is 5.51. The Morgan fingerprint density at radius 2 is 1.95 bits per heavy atom. The van der Waals surface area contributed by atoms with Gasteiger partial charge in [0.25, 0.3) is 0 Å². The smallest absolute Gasteiger partial charge is 0.124 e. The third kappa shape index (κ3) is 2.02. The van der Waals surface area contributed by atoms with Crippen LogP contribution in [0.2, 0.25) is 0 Å². The van der Waals surface area contributed by atoms with Gasteiger partial charge in [-0.25, -0.2) is 0 Å². The minimum atomic E-state index is 0.242. The Morgan fingerprint density at radius 1 is 1.16 bits per heavy atom. The van der Waals surface area contributed by atoms with Crippen LogP contribution in [-0.2, 0) is 6.54 Å². The number of rotatable bonds is 2. The van der Waals surface area contributed by atoms with Crippen molar-refractivity contribution in [1.29, 1.82) is 0 Å². The van der Waals surface area contributed by atoms with Crippen LogP contribution in [0.1, 0.15) is 33.9 Å². The van der Waals surface area contributed by atoms with E-state index < -0.39 is 0 Å². The average Bonchev–Trinajstić information content (AvgIpc) is 2.81. The zero-order valence-electron chi connectivity index (χ0n) is 11.7. The summed E-state index contributed by atoms with van der Waals surface area (Å²) in [5.74, 6) is 0.978. The lowest BCUT2D eigenvalue weighted by atomic mass is 9.93. The minimum absolute atomic E-state index is 0.242. The Balaban J connectivity index is 2.14. The van der Waals surface area contributed by atoms with Crippen molar-refractivity contribution in [3.63, 3.8) is 0 Å². The highest BCUT2D eigenvalue weighted by Crippen LogP contribution is 2.38. The minimum Gasteiger partial charge on any atom is -0.496 e. The number of aryl methyl sites for hydroxylation is 2. The van der Waals surface area contributed by atoms with E-state index in [9.17, 15) is 0 Å². The molecule has 0 bridgehead atoms. The van der Waals surface area contributed by atoms with Gasteiger partial charge in [-0.2, -0.15) is 0 Å². The Labute approximate surface area is 114 Å². The molecule has 19 heavy (non-hydrogen) atoms. The van der Waals surface area contributed by atoms with Crippen LogP contribution in [0.4, 0.5) is 0 Å². The SMILES string of the molecule is COc1cc(C)cc(C)c1C1NCc2ccccc21. The molecule has 0 radical (unpaired) electrons. The third-order valence-corrected chi connectivity index (χ3v) is 3.86. The maximum atomic E-state index is 5.59. The van der Waals surface area contributed by atoms with Crippen LogP contribution in [0.25, 0.3) is 0 Å². The maximum absolute atomic E-state index is 5.59. The highest BCUT2D eigenvalue weighted by Gasteiger charge is 2.26. The maximum Gasteiger partial charge on any atom is 0.124 e. The van der Waals surface area contributed by atoms with Crippen LogP contribution in [0.5, 0.6) is 5.75 Å². The van der Waals surface area contributed by atoms with Gasteiger partial charge in [0.05, 0.1) is 13.2 Å². The molecule has 0 amide bonds. The summed E-state index contributed by atoms with van der Waals surface area (Å²) in [6, 6.07) is 13.2. The van der Waals surface area contributed by atoms with E-state index in [2.05, 4.69) is 55.6 Å². The van der Waals surface area contributed by atoms with E-state index in [0.717, 1.165) is 12.3 Å². The van der Waals surface area contributed by atoms with Crippen molar-refractivity contribution in [2.24, 2.45) is 0 Å². The molecule has 1 heterocycles. The molecule has 2 nitrogen and oxygen atoms in total. The summed E-state index contributed by atoms with van der Waals surface area (Å²) in [5, 5.41) is 3.59. The molecule has 0 aliphatic carbocycles. The van der Waals surface area contributed by atoms with Crippen molar-refractivity contribution >= 4 is 0 Å². The summed E-state index contributed by atoms with van der Waals surface area (Å²) >= 11 is 0. The largest absolute Gasteiger partial charge is 0.496 e. The molecule has 3 rings (SSSR count). The lowest BCUT2D eigenvalue weighted by molar-refractivity contribution is 0.404. The third-order valence-electron chi connectivity index (χ3n) is 3.86. The molecule has 1 unspecified atom stereocenters. The Hall–Kier alpha value is -1.80. The molecule has 2 aromatic carbocycles. The highest BCUT2D eigenvalue weighted by atomic mass is 16.5. The first-order valence-corrected chi connectivity index (χ1v) is 6.67. The molecular weight excluding hydrogens is 234 g/mol. The first-order chi connectivity index (χ1) is 9.20. The van der Waals surface area contributed by atoms with Gasteiger partial charge < -0.3 is 10.1 Å². The summed E-state index contributed by atoms with van der Waals surface area (Å²) in [7, 11) is 1.75. The molecule has 0 saturated carbocycles. The first-order valence-electron chi connectivity index (χ1n) is 6.67. The van der Waals surface area contributed by atoms with Crippen molar-refractivity contribution in [2.75, 3.05) is 7.11 Å². The number of ether oxygens (including phenoxy) is 1. The van der Waals surface area contributed by atoms with E-state index in [1.165, 1.54) is 27.8 Å². The number of hydrogen-bond donors (Lipinski definition) is 1. The van der Waals surface area contributed by atoms with Crippen LogP contribution < -0.4 is 10.1 Å². The number of fused-ring (bicyclic) bond motifs is 1. The van der Waals surface area contributed by atoms with Crippen LogP contribution in [-0.4, -0.2) is 7.11 Å². The van der Waals surface area contributed by atoms with Crippen molar-refractivity contribution < 1.29 is 4.74 Å². The van der Waals surface area contributed by atoms with Gasteiger partial charge in [-0.3, -0.25) is 0 Å². The fourth-order valence-corrected chi connectivity index (χ4v) is 3.03. The van der Waals surface area contributed by atoms with Crippen molar-refractivity contribution in [1.82, 2.24) is 5.32 Å². The van der Waals surface area contributed by atoms with Crippen LogP contribution in [0.3, 0.4) is 0 Å². The fraction of sp³-hybridized carbons (Fsp3) is 0.294. The van der Waals surface area contributed by atoms with Crippen molar-refractivity contribution in [3.8, 4) is 5.75 Å². The van der Waals surface area contributed by atoms with Gasteiger partial charge in [-0.15, -0.1) is 0 Å². The van der Waals surface area contributed by atoms with Crippen LogP contribution in [0.15, 0.2) is 36.4 Å². The van der Waals surface area contributed by atoms with Gasteiger partial charge in [0.1, 0.15) is 5.75 Å². The summed E-state index contributed by atoms with van der Waals surface area (Å²) in [5.41, 5.74) is 6.54. The second-order valence-corrected chi connectivity index (χ2v) is 5.21. The summed E-state index contributed by atoms with van der Waals surface area (Å²) in [4.78, 5) is 0. The van der Waals surface area contributed by atoms with Crippen LogP contribution >= 0.6 is 0 Å². The molecule has 0 spiro atoms. The molecule has 98 valence electrons. The molecule has 1 N–H and O–H groups in total. The first kappa shape index (κ1) is 12.2. The zero-order valence-corrected chi connectivity index (χ0v) is 11.7. The predicted octanol–water partition coefficient (Wildman–Crippen LogP) is 3.50. The van der Waals surface area contributed by atoms with E-state index in [1.54, 1.807) is 7.11 Å². The normalized spacial score (nSPS) is 17.3. The van der Waals surface area contributed by atoms with E-state index >= 15 is 0 Å². The molecule has 1 aliphatic rings. The van der Waals surface area contributed by atoms with Gasteiger partial charge in [-0.05, 0) is 42.2 Å². The van der Waals surface area contributed by atoms with E-state index in [4.69, 9.17) is 4.74 Å².